The fourth-order valence-corrected chi connectivity index (χ4v) is 3.92. The van der Waals surface area contributed by atoms with E-state index in [0.717, 1.165) is 24.9 Å². The predicted octanol–water partition coefficient (Wildman–Crippen LogP) is 3.50. The molecule has 1 aromatic rings. The van der Waals surface area contributed by atoms with E-state index in [4.69, 9.17) is 0 Å². The summed E-state index contributed by atoms with van der Waals surface area (Å²) in [5.41, 5.74) is 0.691. The lowest BCUT2D eigenvalue weighted by molar-refractivity contribution is 0.0519. The Balaban J connectivity index is 1.73. The molecule has 19 heavy (non-hydrogen) atoms. The van der Waals surface area contributed by atoms with Crippen molar-refractivity contribution >= 4 is 21.8 Å². The van der Waals surface area contributed by atoms with Gasteiger partial charge in [-0.1, -0.05) is 19.3 Å². The van der Waals surface area contributed by atoms with Gasteiger partial charge < -0.3 is 4.90 Å². The van der Waals surface area contributed by atoms with Crippen LogP contribution in [0.15, 0.2) is 22.9 Å². The Morgan fingerprint density at radius 2 is 2.05 bits per heavy atom. The second-order valence-corrected chi connectivity index (χ2v) is 6.44. The van der Waals surface area contributed by atoms with E-state index in [0.29, 0.717) is 10.2 Å². The molecule has 0 bridgehead atoms. The molecule has 1 amide bonds. The number of carbonyl (C=O) groups is 1. The van der Waals surface area contributed by atoms with Gasteiger partial charge in [-0.15, -0.1) is 0 Å². The number of nitrogens with zero attached hydrogens (tertiary/aromatic N) is 2. The monoisotopic (exact) mass is 322 g/mol. The van der Waals surface area contributed by atoms with E-state index in [-0.39, 0.29) is 5.91 Å². The Bertz CT molecular complexity index is 477. The third-order valence-electron chi connectivity index (χ3n) is 4.57. The molecule has 2 heterocycles. The number of amides is 1. The van der Waals surface area contributed by atoms with Crippen LogP contribution in [0.2, 0.25) is 0 Å². The maximum Gasteiger partial charge on any atom is 0.256 e. The van der Waals surface area contributed by atoms with Gasteiger partial charge in [-0.05, 0) is 52.7 Å². The minimum Gasteiger partial charge on any atom is -0.338 e. The fraction of sp³-hybridized carbons (Fsp3) is 0.600. The first-order valence-corrected chi connectivity index (χ1v) is 7.95. The second-order valence-electron chi connectivity index (χ2n) is 5.69. The molecule has 1 aromatic heterocycles. The standard InChI is InChI=1S/C15H19BrN2O/c16-14-13(6-3-8-17-14)15(19)18-9-7-11-4-1-2-5-12(11)10-18/h3,6,8,11-12H,1-2,4-5,7,9-10H2. The van der Waals surface area contributed by atoms with Crippen LogP contribution < -0.4 is 0 Å². The molecule has 1 aliphatic heterocycles. The highest BCUT2D eigenvalue weighted by molar-refractivity contribution is 9.10. The highest BCUT2D eigenvalue weighted by Crippen LogP contribution is 2.36. The molecule has 2 unspecified atom stereocenters. The van der Waals surface area contributed by atoms with Crippen LogP contribution >= 0.6 is 15.9 Å². The summed E-state index contributed by atoms with van der Waals surface area (Å²) in [5, 5.41) is 0. The van der Waals surface area contributed by atoms with Crippen molar-refractivity contribution in [2.45, 2.75) is 32.1 Å². The molecule has 4 heteroatoms. The summed E-state index contributed by atoms with van der Waals surface area (Å²) in [4.78, 5) is 18.7. The Morgan fingerprint density at radius 3 is 2.84 bits per heavy atom. The van der Waals surface area contributed by atoms with Crippen molar-refractivity contribution in [3.63, 3.8) is 0 Å². The van der Waals surface area contributed by atoms with Crippen molar-refractivity contribution < 1.29 is 4.79 Å². The molecule has 0 radical (unpaired) electrons. The average molecular weight is 323 g/mol. The first-order valence-electron chi connectivity index (χ1n) is 7.15. The van der Waals surface area contributed by atoms with Crippen LogP contribution in [0.5, 0.6) is 0 Å². The number of pyridine rings is 1. The summed E-state index contributed by atoms with van der Waals surface area (Å²) in [5.74, 6) is 1.71. The van der Waals surface area contributed by atoms with E-state index >= 15 is 0 Å². The highest BCUT2D eigenvalue weighted by Gasteiger charge is 2.33. The topological polar surface area (TPSA) is 33.2 Å². The van der Waals surface area contributed by atoms with E-state index in [9.17, 15) is 4.79 Å². The minimum atomic E-state index is 0.129. The smallest absolute Gasteiger partial charge is 0.256 e. The Hall–Kier alpha value is -0.900. The zero-order valence-electron chi connectivity index (χ0n) is 11.0. The third kappa shape index (κ3) is 2.69. The fourth-order valence-electron chi connectivity index (χ4n) is 3.50. The van der Waals surface area contributed by atoms with Crippen molar-refractivity contribution in [3.05, 3.63) is 28.5 Å². The normalized spacial score (nSPS) is 26.9. The number of hydrogen-bond acceptors (Lipinski definition) is 2. The molecule has 0 spiro atoms. The van der Waals surface area contributed by atoms with Crippen molar-refractivity contribution in [1.82, 2.24) is 9.88 Å². The number of aromatic nitrogens is 1. The number of halogens is 1. The van der Waals surface area contributed by atoms with Crippen LogP contribution in [0.3, 0.4) is 0 Å². The molecule has 0 aromatic carbocycles. The van der Waals surface area contributed by atoms with Crippen LogP contribution in [0.4, 0.5) is 0 Å². The van der Waals surface area contributed by atoms with Gasteiger partial charge in [0.05, 0.1) is 5.56 Å². The molecule has 1 saturated carbocycles. The van der Waals surface area contributed by atoms with Gasteiger partial charge in [0, 0.05) is 19.3 Å². The zero-order chi connectivity index (χ0) is 13.2. The van der Waals surface area contributed by atoms with Crippen LogP contribution in [-0.2, 0) is 0 Å². The first kappa shape index (κ1) is 13.1. The molecule has 1 aliphatic carbocycles. The van der Waals surface area contributed by atoms with Crippen molar-refractivity contribution in [2.75, 3.05) is 13.1 Å². The van der Waals surface area contributed by atoms with Gasteiger partial charge in [-0.2, -0.15) is 0 Å². The van der Waals surface area contributed by atoms with Gasteiger partial charge in [-0.3, -0.25) is 4.79 Å². The summed E-state index contributed by atoms with van der Waals surface area (Å²) in [6.45, 7) is 1.84. The SMILES string of the molecule is O=C(c1cccnc1Br)N1CCC2CCCCC2C1. The Labute approximate surface area is 122 Å². The van der Waals surface area contributed by atoms with Crippen LogP contribution in [-0.4, -0.2) is 28.9 Å². The molecule has 3 nitrogen and oxygen atoms in total. The number of piperidine rings is 1. The van der Waals surface area contributed by atoms with Gasteiger partial charge in [0.2, 0.25) is 0 Å². The number of rotatable bonds is 1. The number of carbonyl (C=O) groups excluding carboxylic acids is 1. The second kappa shape index (κ2) is 5.61. The molecule has 2 aliphatic rings. The van der Waals surface area contributed by atoms with Gasteiger partial charge in [0.25, 0.3) is 5.91 Å². The molecular weight excluding hydrogens is 304 g/mol. The van der Waals surface area contributed by atoms with Crippen LogP contribution in [0.25, 0.3) is 0 Å². The lowest BCUT2D eigenvalue weighted by Gasteiger charge is -2.41. The summed E-state index contributed by atoms with van der Waals surface area (Å²) < 4.78 is 0.658. The lowest BCUT2D eigenvalue weighted by Crippen LogP contribution is -2.44. The summed E-state index contributed by atoms with van der Waals surface area (Å²) >= 11 is 3.37. The number of hydrogen-bond donors (Lipinski definition) is 0. The van der Waals surface area contributed by atoms with E-state index in [1.54, 1.807) is 6.20 Å². The number of fused-ring (bicyclic) bond motifs is 1. The number of likely N-dealkylation sites (tertiary alicyclic amines) is 1. The molecule has 102 valence electrons. The molecule has 0 N–H and O–H groups in total. The zero-order valence-corrected chi connectivity index (χ0v) is 12.6. The first-order chi connectivity index (χ1) is 9.25. The van der Waals surface area contributed by atoms with Crippen molar-refractivity contribution in [3.8, 4) is 0 Å². The molecule has 2 fully saturated rings. The van der Waals surface area contributed by atoms with E-state index < -0.39 is 0 Å². The quantitative estimate of drug-likeness (QED) is 0.741. The molecule has 1 saturated heterocycles. The summed E-state index contributed by atoms with van der Waals surface area (Å²) in [6, 6.07) is 3.68. The minimum absolute atomic E-state index is 0.129. The van der Waals surface area contributed by atoms with Crippen LogP contribution in [0.1, 0.15) is 42.5 Å². The lowest BCUT2D eigenvalue weighted by atomic mass is 9.75. The molecular formula is C15H19BrN2O. The van der Waals surface area contributed by atoms with Gasteiger partial charge in [0.15, 0.2) is 0 Å². The summed E-state index contributed by atoms with van der Waals surface area (Å²) in [7, 11) is 0. The Morgan fingerprint density at radius 1 is 1.26 bits per heavy atom. The average Bonchev–Trinajstić information content (AvgIpc) is 2.46. The van der Waals surface area contributed by atoms with Gasteiger partial charge in [-0.25, -0.2) is 4.98 Å². The third-order valence-corrected chi connectivity index (χ3v) is 5.20. The predicted molar refractivity (Wildman–Crippen MR) is 77.9 cm³/mol. The van der Waals surface area contributed by atoms with E-state index in [1.165, 1.54) is 32.1 Å². The molecule has 3 rings (SSSR count). The highest BCUT2D eigenvalue weighted by atomic mass is 79.9. The summed E-state index contributed by atoms with van der Waals surface area (Å²) in [6.07, 6.45) is 8.25. The largest absolute Gasteiger partial charge is 0.338 e. The van der Waals surface area contributed by atoms with Crippen molar-refractivity contribution in [1.29, 1.82) is 0 Å². The van der Waals surface area contributed by atoms with E-state index in [2.05, 4.69) is 20.9 Å². The maximum atomic E-state index is 12.6. The molecule has 2 atom stereocenters. The van der Waals surface area contributed by atoms with Gasteiger partial charge >= 0.3 is 0 Å². The maximum absolute atomic E-state index is 12.6. The van der Waals surface area contributed by atoms with Crippen molar-refractivity contribution in [2.24, 2.45) is 11.8 Å². The van der Waals surface area contributed by atoms with E-state index in [1.807, 2.05) is 17.0 Å². The van der Waals surface area contributed by atoms with Crippen LogP contribution in [0, 0.1) is 11.8 Å². The van der Waals surface area contributed by atoms with Gasteiger partial charge in [0.1, 0.15) is 4.60 Å². The Kier molecular flexibility index (Phi) is 3.87.